The average molecular weight is 296 g/mol. The summed E-state index contributed by atoms with van der Waals surface area (Å²) in [5.41, 5.74) is 9.22. The maximum atomic E-state index is 11.1. The molecule has 3 rings (SSSR count). The van der Waals surface area contributed by atoms with Crippen molar-refractivity contribution >= 4 is 5.91 Å². The molecule has 3 heterocycles. The van der Waals surface area contributed by atoms with Gasteiger partial charge in [-0.05, 0) is 19.9 Å². The molecule has 0 aromatic carbocycles. The Morgan fingerprint density at radius 2 is 2.14 bits per heavy atom. The summed E-state index contributed by atoms with van der Waals surface area (Å²) >= 11 is 0. The van der Waals surface area contributed by atoms with Crippen molar-refractivity contribution in [2.24, 2.45) is 12.8 Å². The summed E-state index contributed by atoms with van der Waals surface area (Å²) < 4.78 is 3.36. The molecule has 3 aromatic heterocycles. The number of amides is 1. The molecule has 22 heavy (non-hydrogen) atoms. The molecule has 1 amide bonds. The molecule has 0 aliphatic rings. The minimum atomic E-state index is -0.611. The molecule has 0 atom stereocenters. The van der Waals surface area contributed by atoms with Gasteiger partial charge in [-0.2, -0.15) is 5.10 Å². The number of carbonyl (C=O) groups excluding carboxylic acids is 1. The molecule has 0 fully saturated rings. The van der Waals surface area contributed by atoms with Crippen molar-refractivity contribution in [3.63, 3.8) is 0 Å². The van der Waals surface area contributed by atoms with E-state index in [4.69, 9.17) is 5.73 Å². The van der Waals surface area contributed by atoms with E-state index in [9.17, 15) is 4.79 Å². The van der Waals surface area contributed by atoms with E-state index in [1.165, 1.54) is 0 Å². The maximum Gasteiger partial charge on any atom is 0.267 e. The number of aromatic nitrogens is 6. The first-order chi connectivity index (χ1) is 10.5. The summed E-state index contributed by atoms with van der Waals surface area (Å²) in [7, 11) is 1.87. The molecule has 0 aliphatic heterocycles. The van der Waals surface area contributed by atoms with Gasteiger partial charge in [0.25, 0.3) is 5.91 Å². The van der Waals surface area contributed by atoms with Crippen LogP contribution in [0.15, 0.2) is 18.5 Å². The van der Waals surface area contributed by atoms with Gasteiger partial charge in [0.15, 0.2) is 0 Å². The van der Waals surface area contributed by atoms with Gasteiger partial charge in [0, 0.05) is 24.4 Å². The van der Waals surface area contributed by atoms with Crippen LogP contribution in [0.2, 0.25) is 0 Å². The molecule has 0 bridgehead atoms. The van der Waals surface area contributed by atoms with Crippen molar-refractivity contribution in [1.29, 1.82) is 0 Å². The van der Waals surface area contributed by atoms with Crippen LogP contribution >= 0.6 is 0 Å². The van der Waals surface area contributed by atoms with Crippen molar-refractivity contribution in [2.45, 2.75) is 13.8 Å². The fourth-order valence-electron chi connectivity index (χ4n) is 2.11. The quantitative estimate of drug-likeness (QED) is 0.761. The van der Waals surface area contributed by atoms with Gasteiger partial charge in [-0.3, -0.25) is 9.48 Å². The topological polar surface area (TPSA) is 105 Å². The number of primary amides is 1. The van der Waals surface area contributed by atoms with Gasteiger partial charge in [-0.25, -0.2) is 9.67 Å². The summed E-state index contributed by atoms with van der Waals surface area (Å²) in [4.78, 5) is 15.2. The van der Waals surface area contributed by atoms with Gasteiger partial charge >= 0.3 is 0 Å². The van der Waals surface area contributed by atoms with Gasteiger partial charge in [-0.15, -0.1) is 5.10 Å². The predicted octanol–water partition coefficient (Wildman–Crippen LogP) is 0.579. The first-order valence-corrected chi connectivity index (χ1v) is 6.58. The third kappa shape index (κ3) is 2.24. The fourth-order valence-corrected chi connectivity index (χ4v) is 2.11. The molecular formula is C14H14N7O. The first-order valence-electron chi connectivity index (χ1n) is 6.58. The second-order valence-electron chi connectivity index (χ2n) is 4.90. The van der Waals surface area contributed by atoms with E-state index in [1.807, 2.05) is 14.0 Å². The van der Waals surface area contributed by atoms with Crippen molar-refractivity contribution in [1.82, 2.24) is 29.8 Å². The molecule has 0 saturated heterocycles. The number of hydrogen-bond donors (Lipinski definition) is 1. The molecule has 2 N–H and O–H groups in total. The van der Waals surface area contributed by atoms with Crippen LogP contribution in [0, 0.1) is 19.9 Å². The monoisotopic (exact) mass is 296 g/mol. The highest BCUT2D eigenvalue weighted by atomic mass is 16.1. The van der Waals surface area contributed by atoms with Gasteiger partial charge in [0.1, 0.15) is 11.4 Å². The molecule has 0 spiro atoms. The van der Waals surface area contributed by atoms with Crippen molar-refractivity contribution in [3.05, 3.63) is 41.6 Å². The molecule has 0 saturated carbocycles. The van der Waals surface area contributed by atoms with Crippen LogP contribution in [-0.4, -0.2) is 35.7 Å². The van der Waals surface area contributed by atoms with E-state index >= 15 is 0 Å². The Labute approximate surface area is 126 Å². The third-order valence-electron chi connectivity index (χ3n) is 3.48. The number of hydrogen-bond acceptors (Lipinski definition) is 5. The normalized spacial score (nSPS) is 10.9. The Kier molecular flexibility index (Phi) is 3.21. The molecule has 111 valence electrons. The van der Waals surface area contributed by atoms with Gasteiger partial charge in [-0.1, -0.05) is 5.21 Å². The highest BCUT2D eigenvalue weighted by molar-refractivity contribution is 5.90. The van der Waals surface area contributed by atoms with E-state index < -0.39 is 5.91 Å². The molecule has 8 heteroatoms. The lowest BCUT2D eigenvalue weighted by Gasteiger charge is -2.04. The number of rotatable bonds is 3. The fraction of sp³-hybridized carbons (Fsp3) is 0.214. The second kappa shape index (κ2) is 5.06. The Morgan fingerprint density at radius 1 is 1.36 bits per heavy atom. The van der Waals surface area contributed by atoms with Crippen molar-refractivity contribution in [2.75, 3.05) is 0 Å². The Bertz CT molecular complexity index is 862. The Balaban J connectivity index is 2.01. The SMILES string of the molecule is Cc1nc(C(N)=O)[c]cc1-n1cc(-c2cnn(C)c2C)nn1. The van der Waals surface area contributed by atoms with Crippen LogP contribution in [0.4, 0.5) is 0 Å². The first kappa shape index (κ1) is 13.9. The summed E-state index contributed by atoms with van der Waals surface area (Å²) in [5, 5.41) is 12.5. The molecule has 1 radical (unpaired) electrons. The van der Waals surface area contributed by atoms with Crippen molar-refractivity contribution in [3.8, 4) is 16.9 Å². The van der Waals surface area contributed by atoms with Crippen LogP contribution in [0.3, 0.4) is 0 Å². The molecule has 8 nitrogen and oxygen atoms in total. The summed E-state index contributed by atoms with van der Waals surface area (Å²) in [5.74, 6) is -0.611. The summed E-state index contributed by atoms with van der Waals surface area (Å²) in [6, 6.07) is 4.37. The van der Waals surface area contributed by atoms with Crippen LogP contribution in [0.25, 0.3) is 16.9 Å². The van der Waals surface area contributed by atoms with E-state index in [2.05, 4.69) is 26.5 Å². The molecule has 3 aromatic rings. The molecule has 0 unspecified atom stereocenters. The Morgan fingerprint density at radius 3 is 2.73 bits per heavy atom. The lowest BCUT2D eigenvalue weighted by molar-refractivity contribution is 0.0995. The van der Waals surface area contributed by atoms with E-state index in [1.54, 1.807) is 34.7 Å². The largest absolute Gasteiger partial charge is 0.364 e. The second-order valence-corrected chi connectivity index (χ2v) is 4.90. The van der Waals surface area contributed by atoms with E-state index in [0.29, 0.717) is 17.1 Å². The van der Waals surface area contributed by atoms with Gasteiger partial charge < -0.3 is 5.73 Å². The zero-order valence-electron chi connectivity index (χ0n) is 12.4. The van der Waals surface area contributed by atoms with Crippen LogP contribution < -0.4 is 5.73 Å². The maximum absolute atomic E-state index is 11.1. The van der Waals surface area contributed by atoms with Crippen LogP contribution in [0.5, 0.6) is 0 Å². The van der Waals surface area contributed by atoms with Gasteiger partial charge in [0.2, 0.25) is 0 Å². The van der Waals surface area contributed by atoms with Gasteiger partial charge in [0.05, 0.1) is 23.8 Å². The minimum Gasteiger partial charge on any atom is -0.364 e. The van der Waals surface area contributed by atoms with Crippen LogP contribution in [-0.2, 0) is 7.05 Å². The number of nitrogens with zero attached hydrogens (tertiary/aromatic N) is 6. The number of aryl methyl sites for hydroxylation is 2. The summed E-state index contributed by atoms with van der Waals surface area (Å²) in [6.45, 7) is 3.73. The standard InChI is InChI=1S/C14H14N7O/c1-8-13(5-4-11(17-8)14(15)22)21-7-12(18-19-21)10-6-16-20(3)9(10)2/h5-7H,1-3H3,(H2,15,22). The lowest BCUT2D eigenvalue weighted by atomic mass is 10.2. The zero-order chi connectivity index (χ0) is 15.9. The molecule has 0 aliphatic carbocycles. The van der Waals surface area contributed by atoms with Crippen LogP contribution in [0.1, 0.15) is 21.9 Å². The van der Waals surface area contributed by atoms with Crippen molar-refractivity contribution < 1.29 is 4.79 Å². The molecular weight excluding hydrogens is 282 g/mol. The third-order valence-corrected chi connectivity index (χ3v) is 3.48. The highest BCUT2D eigenvalue weighted by Gasteiger charge is 2.13. The number of nitrogens with two attached hydrogens (primary N) is 1. The smallest absolute Gasteiger partial charge is 0.267 e. The van der Waals surface area contributed by atoms with E-state index in [0.717, 1.165) is 11.3 Å². The number of carbonyl (C=O) groups is 1. The highest BCUT2D eigenvalue weighted by Crippen LogP contribution is 2.21. The summed E-state index contributed by atoms with van der Waals surface area (Å²) in [6.07, 6.45) is 3.53. The average Bonchev–Trinajstić information content (AvgIpc) is 3.07. The van der Waals surface area contributed by atoms with E-state index in [-0.39, 0.29) is 5.69 Å². The zero-order valence-corrected chi connectivity index (χ0v) is 12.4. The predicted molar refractivity (Wildman–Crippen MR) is 78.2 cm³/mol. The Hall–Kier alpha value is -3.03. The number of pyridine rings is 1. The minimum absolute atomic E-state index is 0.102. The lowest BCUT2D eigenvalue weighted by Crippen LogP contribution is -2.14.